The van der Waals surface area contributed by atoms with Crippen LogP contribution >= 0.6 is 15.9 Å². The van der Waals surface area contributed by atoms with Gasteiger partial charge in [0.25, 0.3) is 0 Å². The van der Waals surface area contributed by atoms with Crippen molar-refractivity contribution in [2.45, 2.75) is 18.4 Å². The van der Waals surface area contributed by atoms with Crippen LogP contribution in [0.1, 0.15) is 18.7 Å². The molecular weight excluding hydrogens is 312 g/mol. The van der Waals surface area contributed by atoms with Crippen molar-refractivity contribution in [3.05, 3.63) is 28.7 Å². The summed E-state index contributed by atoms with van der Waals surface area (Å²) in [6.07, 6.45) is 3.06. The highest BCUT2D eigenvalue weighted by Crippen LogP contribution is 2.29. The zero-order chi connectivity index (χ0) is 13.3. The molecule has 1 saturated heterocycles. The molecule has 6 nitrogen and oxygen atoms in total. The van der Waals surface area contributed by atoms with E-state index >= 15 is 0 Å². The van der Waals surface area contributed by atoms with Crippen LogP contribution in [0.5, 0.6) is 0 Å². The zero-order valence-electron chi connectivity index (χ0n) is 10.2. The van der Waals surface area contributed by atoms with Crippen LogP contribution in [-0.2, 0) is 10.3 Å². The SMILES string of the molecule is NC1(c2nc(-c3ccc(Br)cn3)no2)CCOCC1. The topological polar surface area (TPSA) is 87.1 Å². The lowest BCUT2D eigenvalue weighted by molar-refractivity contribution is 0.0400. The van der Waals surface area contributed by atoms with Crippen molar-refractivity contribution < 1.29 is 9.26 Å². The lowest BCUT2D eigenvalue weighted by Crippen LogP contribution is -2.42. The highest BCUT2D eigenvalue weighted by atomic mass is 79.9. The summed E-state index contributed by atoms with van der Waals surface area (Å²) >= 11 is 3.33. The minimum absolute atomic E-state index is 0.454. The number of pyridine rings is 1. The van der Waals surface area contributed by atoms with Crippen LogP contribution in [0, 0.1) is 0 Å². The number of halogens is 1. The van der Waals surface area contributed by atoms with Gasteiger partial charge in [-0.1, -0.05) is 5.16 Å². The van der Waals surface area contributed by atoms with E-state index in [2.05, 4.69) is 31.1 Å². The zero-order valence-corrected chi connectivity index (χ0v) is 11.8. The summed E-state index contributed by atoms with van der Waals surface area (Å²) < 4.78 is 11.5. The Morgan fingerprint density at radius 1 is 1.26 bits per heavy atom. The van der Waals surface area contributed by atoms with Crippen molar-refractivity contribution in [3.63, 3.8) is 0 Å². The summed E-state index contributed by atoms with van der Waals surface area (Å²) in [4.78, 5) is 8.60. The van der Waals surface area contributed by atoms with E-state index < -0.39 is 5.54 Å². The van der Waals surface area contributed by atoms with Gasteiger partial charge in [0.1, 0.15) is 11.2 Å². The molecule has 0 unspecified atom stereocenters. The summed E-state index contributed by atoms with van der Waals surface area (Å²) in [5, 5.41) is 3.95. The third kappa shape index (κ3) is 2.54. The number of rotatable bonds is 2. The van der Waals surface area contributed by atoms with Gasteiger partial charge in [-0.15, -0.1) is 0 Å². The molecule has 3 heterocycles. The number of nitrogens with zero attached hydrogens (tertiary/aromatic N) is 3. The van der Waals surface area contributed by atoms with Crippen molar-refractivity contribution in [3.8, 4) is 11.5 Å². The predicted molar refractivity (Wildman–Crippen MR) is 71.1 cm³/mol. The Kier molecular flexibility index (Phi) is 3.34. The first-order valence-electron chi connectivity index (χ1n) is 6.00. The van der Waals surface area contributed by atoms with Crippen LogP contribution in [0.3, 0.4) is 0 Å². The number of hydrogen-bond donors (Lipinski definition) is 1. The summed E-state index contributed by atoms with van der Waals surface area (Å²) in [6.45, 7) is 1.23. The van der Waals surface area contributed by atoms with Crippen molar-refractivity contribution in [1.29, 1.82) is 0 Å². The molecule has 7 heteroatoms. The third-order valence-corrected chi connectivity index (χ3v) is 3.66. The summed E-state index contributed by atoms with van der Waals surface area (Å²) in [6, 6.07) is 3.71. The molecule has 2 aromatic heterocycles. The second-order valence-corrected chi connectivity index (χ2v) is 5.47. The maximum absolute atomic E-state index is 6.29. The van der Waals surface area contributed by atoms with E-state index in [-0.39, 0.29) is 0 Å². The van der Waals surface area contributed by atoms with E-state index in [1.54, 1.807) is 6.20 Å². The van der Waals surface area contributed by atoms with Crippen molar-refractivity contribution in [2.75, 3.05) is 13.2 Å². The molecule has 0 saturated carbocycles. The Bertz CT molecular complexity index is 563. The van der Waals surface area contributed by atoms with Gasteiger partial charge in [-0.2, -0.15) is 4.98 Å². The van der Waals surface area contributed by atoms with Crippen molar-refractivity contribution in [1.82, 2.24) is 15.1 Å². The smallest absolute Gasteiger partial charge is 0.247 e. The third-order valence-electron chi connectivity index (χ3n) is 3.19. The average molecular weight is 325 g/mol. The molecule has 0 aromatic carbocycles. The Hall–Kier alpha value is -1.31. The van der Waals surface area contributed by atoms with Gasteiger partial charge in [0.05, 0.1) is 0 Å². The Balaban J connectivity index is 1.88. The van der Waals surface area contributed by atoms with Crippen molar-refractivity contribution in [2.24, 2.45) is 5.73 Å². The van der Waals surface area contributed by atoms with Crippen LogP contribution in [-0.4, -0.2) is 28.3 Å². The monoisotopic (exact) mass is 324 g/mol. The number of ether oxygens (including phenoxy) is 1. The fourth-order valence-corrected chi connectivity index (χ4v) is 2.22. The fraction of sp³-hybridized carbons (Fsp3) is 0.417. The van der Waals surface area contributed by atoms with Gasteiger partial charge in [0.2, 0.25) is 11.7 Å². The minimum atomic E-state index is -0.584. The van der Waals surface area contributed by atoms with Gasteiger partial charge in [0.15, 0.2) is 0 Å². The van der Waals surface area contributed by atoms with E-state index in [9.17, 15) is 0 Å². The van der Waals surface area contributed by atoms with Crippen LogP contribution in [0.25, 0.3) is 11.5 Å². The van der Waals surface area contributed by atoms with Crippen molar-refractivity contribution >= 4 is 15.9 Å². The van der Waals surface area contributed by atoms with Crippen LogP contribution < -0.4 is 5.73 Å². The molecule has 0 amide bonds. The van der Waals surface area contributed by atoms with E-state index in [0.717, 1.165) is 4.47 Å². The quantitative estimate of drug-likeness (QED) is 0.907. The number of aromatic nitrogens is 3. The molecular formula is C12H13BrN4O2. The second-order valence-electron chi connectivity index (χ2n) is 4.55. The van der Waals surface area contributed by atoms with Gasteiger partial charge < -0.3 is 15.0 Å². The molecule has 1 fully saturated rings. The highest BCUT2D eigenvalue weighted by Gasteiger charge is 2.36. The first kappa shape index (κ1) is 12.7. The normalized spacial score (nSPS) is 18.4. The molecule has 1 aliphatic heterocycles. The minimum Gasteiger partial charge on any atom is -0.381 e. The summed E-state index contributed by atoms with van der Waals surface area (Å²) in [5.41, 5.74) is 6.37. The lowest BCUT2D eigenvalue weighted by Gasteiger charge is -2.29. The Labute approximate surface area is 118 Å². The second kappa shape index (κ2) is 4.99. The molecule has 100 valence electrons. The highest BCUT2D eigenvalue weighted by molar-refractivity contribution is 9.10. The molecule has 2 N–H and O–H groups in total. The van der Waals surface area contributed by atoms with E-state index in [1.807, 2.05) is 12.1 Å². The van der Waals surface area contributed by atoms with Crippen LogP contribution in [0.4, 0.5) is 0 Å². The Morgan fingerprint density at radius 2 is 2.05 bits per heavy atom. The molecule has 19 heavy (non-hydrogen) atoms. The first-order chi connectivity index (χ1) is 9.17. The van der Waals surface area contributed by atoms with Crippen LogP contribution in [0.15, 0.2) is 27.3 Å². The van der Waals surface area contributed by atoms with Crippen LogP contribution in [0.2, 0.25) is 0 Å². The fourth-order valence-electron chi connectivity index (χ4n) is 1.99. The standard InChI is InChI=1S/C12H13BrN4O2/c13-8-1-2-9(15-7-8)10-16-11(19-17-10)12(14)3-5-18-6-4-12/h1-2,7H,3-6,14H2. The van der Waals surface area contributed by atoms with Gasteiger partial charge in [-0.05, 0) is 40.9 Å². The maximum Gasteiger partial charge on any atom is 0.247 e. The summed E-state index contributed by atoms with van der Waals surface area (Å²) in [7, 11) is 0. The maximum atomic E-state index is 6.29. The molecule has 0 aliphatic carbocycles. The molecule has 1 aliphatic rings. The molecule has 2 aromatic rings. The molecule has 0 radical (unpaired) electrons. The number of hydrogen-bond acceptors (Lipinski definition) is 6. The largest absolute Gasteiger partial charge is 0.381 e. The Morgan fingerprint density at radius 3 is 2.74 bits per heavy atom. The molecule has 0 bridgehead atoms. The molecule has 0 atom stereocenters. The number of nitrogens with two attached hydrogens (primary N) is 1. The van der Waals surface area contributed by atoms with E-state index in [0.29, 0.717) is 43.5 Å². The predicted octanol–water partition coefficient (Wildman–Crippen LogP) is 1.86. The van der Waals surface area contributed by atoms with Gasteiger partial charge in [0, 0.05) is 23.9 Å². The van der Waals surface area contributed by atoms with Gasteiger partial charge in [-0.25, -0.2) is 0 Å². The first-order valence-corrected chi connectivity index (χ1v) is 6.79. The average Bonchev–Trinajstić information content (AvgIpc) is 2.91. The van der Waals surface area contributed by atoms with Gasteiger partial charge in [-0.3, -0.25) is 4.98 Å². The van der Waals surface area contributed by atoms with Gasteiger partial charge >= 0.3 is 0 Å². The lowest BCUT2D eigenvalue weighted by atomic mass is 9.91. The summed E-state index contributed by atoms with van der Waals surface area (Å²) in [5.74, 6) is 0.911. The van der Waals surface area contributed by atoms with E-state index in [4.69, 9.17) is 15.0 Å². The molecule has 3 rings (SSSR count). The van der Waals surface area contributed by atoms with E-state index in [1.165, 1.54) is 0 Å². The molecule has 0 spiro atoms.